The summed E-state index contributed by atoms with van der Waals surface area (Å²) in [6.07, 6.45) is 1.67. The Hall–Kier alpha value is -3.04. The molecule has 3 aromatic rings. The number of amides is 1. The number of nitrogens with one attached hydrogen (secondary N) is 1. The Bertz CT molecular complexity index is 926. The summed E-state index contributed by atoms with van der Waals surface area (Å²) in [5, 5.41) is 11.6. The van der Waals surface area contributed by atoms with Crippen LogP contribution in [0, 0.1) is 18.3 Å². The number of thioether (sulfide) groups is 1. The smallest absolute Gasteiger partial charge is 0.256 e. The average molecular weight is 349 g/mol. The summed E-state index contributed by atoms with van der Waals surface area (Å²) in [4.78, 5) is 17.4. The number of carbonyl (C=O) groups is 1. The van der Waals surface area contributed by atoms with Crippen LogP contribution in [0.5, 0.6) is 0 Å². The number of anilines is 1. The lowest BCUT2D eigenvalue weighted by Gasteiger charge is -2.09. The number of benzene rings is 2. The minimum atomic E-state index is -0.204. The number of carbonyl (C=O) groups excluding carboxylic acids is 1. The van der Waals surface area contributed by atoms with E-state index in [1.807, 2.05) is 36.4 Å². The average Bonchev–Trinajstić information content (AvgIpc) is 3.07. The lowest BCUT2D eigenvalue weighted by Crippen LogP contribution is -2.12. The number of aryl methyl sites for hydroxylation is 1. The first-order chi connectivity index (χ1) is 12.2. The van der Waals surface area contributed by atoms with Crippen LogP contribution in [0.3, 0.4) is 0 Å². The first-order valence-electron chi connectivity index (χ1n) is 7.60. The van der Waals surface area contributed by atoms with Gasteiger partial charge in [0, 0.05) is 23.1 Å². The molecule has 0 fully saturated rings. The van der Waals surface area contributed by atoms with Crippen molar-refractivity contribution in [1.82, 2.24) is 4.98 Å². The molecule has 0 saturated heterocycles. The van der Waals surface area contributed by atoms with E-state index in [9.17, 15) is 4.79 Å². The number of nitrogens with zero attached hydrogens (tertiary/aromatic N) is 2. The van der Waals surface area contributed by atoms with Crippen molar-refractivity contribution in [3.05, 3.63) is 66.2 Å². The van der Waals surface area contributed by atoms with E-state index >= 15 is 0 Å². The second kappa shape index (κ2) is 7.69. The van der Waals surface area contributed by atoms with E-state index in [2.05, 4.69) is 16.4 Å². The summed E-state index contributed by atoms with van der Waals surface area (Å²) >= 11 is 1.35. The lowest BCUT2D eigenvalue weighted by molar-refractivity contribution is 0.102. The third-order valence-electron chi connectivity index (χ3n) is 3.47. The molecule has 124 valence electrons. The monoisotopic (exact) mass is 349 g/mol. The predicted molar refractivity (Wildman–Crippen MR) is 97.4 cm³/mol. The summed E-state index contributed by atoms with van der Waals surface area (Å²) in [5.41, 5.74) is 2.13. The third-order valence-corrected chi connectivity index (χ3v) is 4.41. The van der Waals surface area contributed by atoms with Gasteiger partial charge in [-0.1, -0.05) is 12.1 Å². The molecule has 0 unspecified atom stereocenters. The van der Waals surface area contributed by atoms with Gasteiger partial charge < -0.3 is 9.73 Å². The molecule has 0 bridgehead atoms. The maximum atomic E-state index is 12.5. The molecule has 1 amide bonds. The SMILES string of the molecule is Cc1ncc(-c2ccc(NC(=O)c3ccccc3SCC#N)cc2)o1. The van der Waals surface area contributed by atoms with Crippen LogP contribution in [0.4, 0.5) is 5.69 Å². The highest BCUT2D eigenvalue weighted by Gasteiger charge is 2.12. The van der Waals surface area contributed by atoms with Crippen molar-refractivity contribution in [2.24, 2.45) is 0 Å². The molecule has 0 spiro atoms. The van der Waals surface area contributed by atoms with Crippen LogP contribution in [0.15, 0.2) is 64.0 Å². The summed E-state index contributed by atoms with van der Waals surface area (Å²) in [7, 11) is 0. The van der Waals surface area contributed by atoms with Gasteiger partial charge in [-0.2, -0.15) is 5.26 Å². The molecule has 25 heavy (non-hydrogen) atoms. The summed E-state index contributed by atoms with van der Waals surface area (Å²) in [6.45, 7) is 1.79. The Morgan fingerprint density at radius 3 is 2.68 bits per heavy atom. The van der Waals surface area contributed by atoms with Crippen molar-refractivity contribution in [2.75, 3.05) is 11.1 Å². The first kappa shape index (κ1) is 16.8. The number of hydrogen-bond donors (Lipinski definition) is 1. The Labute approximate surface area is 149 Å². The fourth-order valence-corrected chi connectivity index (χ4v) is 3.01. The third kappa shape index (κ3) is 4.08. The van der Waals surface area contributed by atoms with Gasteiger partial charge in [0.05, 0.1) is 23.6 Å². The van der Waals surface area contributed by atoms with Crippen LogP contribution >= 0.6 is 11.8 Å². The molecular formula is C19H15N3O2S. The number of oxazole rings is 1. The van der Waals surface area contributed by atoms with E-state index in [1.165, 1.54) is 11.8 Å². The molecular weight excluding hydrogens is 334 g/mol. The number of nitriles is 1. The standard InChI is InChI=1S/C19H15N3O2S/c1-13-21-12-17(24-13)14-6-8-15(9-7-14)22-19(23)16-4-2-3-5-18(16)25-11-10-20/h2-9,12H,11H2,1H3,(H,22,23). The Morgan fingerprint density at radius 1 is 1.24 bits per heavy atom. The van der Waals surface area contributed by atoms with Crippen LogP contribution in [0.1, 0.15) is 16.2 Å². The maximum Gasteiger partial charge on any atom is 0.256 e. The molecule has 0 aliphatic rings. The number of rotatable bonds is 5. The Balaban J connectivity index is 1.74. The molecule has 1 heterocycles. The molecule has 6 heteroatoms. The summed E-state index contributed by atoms with van der Waals surface area (Å²) in [5.74, 6) is 1.40. The van der Waals surface area contributed by atoms with Gasteiger partial charge in [0.1, 0.15) is 0 Å². The minimum absolute atomic E-state index is 0.204. The molecule has 0 atom stereocenters. The zero-order valence-electron chi connectivity index (χ0n) is 13.5. The van der Waals surface area contributed by atoms with Crippen LogP contribution < -0.4 is 5.32 Å². The number of hydrogen-bond acceptors (Lipinski definition) is 5. The van der Waals surface area contributed by atoms with Crippen molar-refractivity contribution in [3.63, 3.8) is 0 Å². The fraction of sp³-hybridized carbons (Fsp3) is 0.105. The van der Waals surface area contributed by atoms with E-state index in [0.717, 1.165) is 10.5 Å². The Morgan fingerprint density at radius 2 is 2.00 bits per heavy atom. The zero-order valence-corrected chi connectivity index (χ0v) is 14.3. The molecule has 1 aromatic heterocycles. The topological polar surface area (TPSA) is 78.9 Å². The molecule has 2 aromatic carbocycles. The van der Waals surface area contributed by atoms with Gasteiger partial charge in [0.15, 0.2) is 11.7 Å². The normalized spacial score (nSPS) is 10.2. The zero-order chi connectivity index (χ0) is 17.6. The first-order valence-corrected chi connectivity index (χ1v) is 8.59. The maximum absolute atomic E-state index is 12.5. The molecule has 5 nitrogen and oxygen atoms in total. The van der Waals surface area contributed by atoms with Gasteiger partial charge >= 0.3 is 0 Å². The van der Waals surface area contributed by atoms with E-state index < -0.39 is 0 Å². The summed E-state index contributed by atoms with van der Waals surface area (Å²) < 4.78 is 5.49. The number of aromatic nitrogens is 1. The van der Waals surface area contributed by atoms with Gasteiger partial charge in [-0.3, -0.25) is 4.79 Å². The molecule has 0 radical (unpaired) electrons. The van der Waals surface area contributed by atoms with Crippen LogP contribution in [-0.4, -0.2) is 16.6 Å². The molecule has 3 rings (SSSR count). The molecule has 0 aliphatic carbocycles. The van der Waals surface area contributed by atoms with Crippen molar-refractivity contribution >= 4 is 23.4 Å². The van der Waals surface area contributed by atoms with Crippen molar-refractivity contribution in [2.45, 2.75) is 11.8 Å². The van der Waals surface area contributed by atoms with Crippen molar-refractivity contribution in [3.8, 4) is 17.4 Å². The lowest BCUT2D eigenvalue weighted by atomic mass is 10.1. The molecule has 0 saturated carbocycles. The largest absolute Gasteiger partial charge is 0.441 e. The van der Waals surface area contributed by atoms with Gasteiger partial charge in [0.2, 0.25) is 0 Å². The Kier molecular flexibility index (Phi) is 5.17. The second-order valence-corrected chi connectivity index (χ2v) is 6.24. The second-order valence-electron chi connectivity index (χ2n) is 5.22. The van der Waals surface area contributed by atoms with Crippen LogP contribution in [0.2, 0.25) is 0 Å². The fourth-order valence-electron chi connectivity index (χ4n) is 2.30. The minimum Gasteiger partial charge on any atom is -0.441 e. The molecule has 1 N–H and O–H groups in total. The van der Waals surface area contributed by atoms with E-state index in [0.29, 0.717) is 28.7 Å². The van der Waals surface area contributed by atoms with Crippen LogP contribution in [-0.2, 0) is 0 Å². The van der Waals surface area contributed by atoms with Gasteiger partial charge in [-0.15, -0.1) is 11.8 Å². The summed E-state index contributed by atoms with van der Waals surface area (Å²) in [6, 6.07) is 16.7. The highest BCUT2D eigenvalue weighted by atomic mass is 32.2. The van der Waals surface area contributed by atoms with Crippen molar-refractivity contribution < 1.29 is 9.21 Å². The van der Waals surface area contributed by atoms with Gasteiger partial charge in [-0.05, 0) is 36.4 Å². The van der Waals surface area contributed by atoms with Gasteiger partial charge in [-0.25, -0.2) is 4.98 Å². The van der Waals surface area contributed by atoms with Crippen molar-refractivity contribution in [1.29, 1.82) is 5.26 Å². The molecule has 0 aliphatic heterocycles. The highest BCUT2D eigenvalue weighted by Crippen LogP contribution is 2.25. The predicted octanol–water partition coefficient (Wildman–Crippen LogP) is 4.52. The van der Waals surface area contributed by atoms with E-state index in [4.69, 9.17) is 9.68 Å². The van der Waals surface area contributed by atoms with E-state index in [-0.39, 0.29) is 5.91 Å². The van der Waals surface area contributed by atoms with E-state index in [1.54, 1.807) is 25.3 Å². The van der Waals surface area contributed by atoms with Gasteiger partial charge in [0.25, 0.3) is 5.91 Å². The highest BCUT2D eigenvalue weighted by molar-refractivity contribution is 7.99. The van der Waals surface area contributed by atoms with Crippen LogP contribution in [0.25, 0.3) is 11.3 Å². The quantitative estimate of drug-likeness (QED) is 0.685.